The van der Waals surface area contributed by atoms with Gasteiger partial charge in [0.05, 0.1) is 4.34 Å². The first-order chi connectivity index (χ1) is 8.24. The second-order valence-electron chi connectivity index (χ2n) is 3.20. The molecule has 86 valence electrons. The second-order valence-corrected chi connectivity index (χ2v) is 4.95. The maximum absolute atomic E-state index is 11.5. The maximum atomic E-state index is 11.5. The van der Waals surface area contributed by atoms with Crippen LogP contribution in [0.1, 0.15) is 4.88 Å². The SMILES string of the molecule is O=C(/C=C/c1ccc(Cl)s1)Nc1ccncc1. The number of aromatic nitrogens is 1. The molecule has 17 heavy (non-hydrogen) atoms. The second kappa shape index (κ2) is 5.61. The fourth-order valence-corrected chi connectivity index (χ4v) is 2.16. The van der Waals surface area contributed by atoms with Crippen LogP contribution in [0.3, 0.4) is 0 Å². The van der Waals surface area contributed by atoms with Gasteiger partial charge in [-0.05, 0) is 30.3 Å². The fraction of sp³-hybridized carbons (Fsp3) is 0. The van der Waals surface area contributed by atoms with E-state index < -0.39 is 0 Å². The van der Waals surface area contributed by atoms with Gasteiger partial charge in [-0.3, -0.25) is 9.78 Å². The van der Waals surface area contributed by atoms with Gasteiger partial charge in [-0.2, -0.15) is 0 Å². The third-order valence-electron chi connectivity index (χ3n) is 1.94. The molecule has 2 heterocycles. The van der Waals surface area contributed by atoms with Crippen LogP contribution in [0, 0.1) is 0 Å². The zero-order chi connectivity index (χ0) is 12.1. The number of carbonyl (C=O) groups excluding carboxylic acids is 1. The Balaban J connectivity index is 1.96. The van der Waals surface area contributed by atoms with E-state index in [-0.39, 0.29) is 5.91 Å². The summed E-state index contributed by atoms with van der Waals surface area (Å²) in [7, 11) is 0. The molecular formula is C12H9ClN2OS. The lowest BCUT2D eigenvalue weighted by Gasteiger charge is -1.99. The Morgan fingerprint density at radius 2 is 2.06 bits per heavy atom. The molecule has 0 atom stereocenters. The molecule has 0 aliphatic carbocycles. The van der Waals surface area contributed by atoms with Crippen molar-refractivity contribution in [2.75, 3.05) is 5.32 Å². The molecule has 0 saturated heterocycles. The molecule has 2 rings (SSSR count). The summed E-state index contributed by atoms with van der Waals surface area (Å²) in [6, 6.07) is 7.12. The van der Waals surface area contributed by atoms with Crippen LogP contribution >= 0.6 is 22.9 Å². The van der Waals surface area contributed by atoms with Crippen LogP contribution in [-0.2, 0) is 4.79 Å². The number of rotatable bonds is 3. The van der Waals surface area contributed by atoms with Crippen LogP contribution in [0.2, 0.25) is 4.34 Å². The van der Waals surface area contributed by atoms with Crippen LogP contribution in [-0.4, -0.2) is 10.9 Å². The van der Waals surface area contributed by atoms with Crippen molar-refractivity contribution in [2.45, 2.75) is 0 Å². The van der Waals surface area contributed by atoms with Crippen LogP contribution in [0.25, 0.3) is 6.08 Å². The number of nitrogens with one attached hydrogen (secondary N) is 1. The lowest BCUT2D eigenvalue weighted by molar-refractivity contribution is -0.111. The van der Waals surface area contributed by atoms with Crippen molar-refractivity contribution < 1.29 is 4.79 Å². The quantitative estimate of drug-likeness (QED) is 0.863. The summed E-state index contributed by atoms with van der Waals surface area (Å²) < 4.78 is 0.708. The molecule has 0 spiro atoms. The van der Waals surface area contributed by atoms with Gasteiger partial charge in [0.25, 0.3) is 0 Å². The van der Waals surface area contributed by atoms with Gasteiger partial charge < -0.3 is 5.32 Å². The highest BCUT2D eigenvalue weighted by molar-refractivity contribution is 7.17. The highest BCUT2D eigenvalue weighted by Gasteiger charge is 1.98. The normalized spacial score (nSPS) is 10.6. The largest absolute Gasteiger partial charge is 0.322 e. The summed E-state index contributed by atoms with van der Waals surface area (Å²) in [6.07, 6.45) is 6.45. The van der Waals surface area contributed by atoms with Gasteiger partial charge in [-0.15, -0.1) is 11.3 Å². The summed E-state index contributed by atoms with van der Waals surface area (Å²) in [5, 5.41) is 2.72. The third-order valence-corrected chi connectivity index (χ3v) is 3.14. The van der Waals surface area contributed by atoms with E-state index in [0.29, 0.717) is 4.34 Å². The lowest BCUT2D eigenvalue weighted by Crippen LogP contribution is -2.07. The molecule has 1 amide bonds. The van der Waals surface area contributed by atoms with E-state index in [1.165, 1.54) is 17.4 Å². The number of halogens is 1. The maximum Gasteiger partial charge on any atom is 0.248 e. The molecule has 2 aromatic heterocycles. The Labute approximate surface area is 108 Å². The third kappa shape index (κ3) is 3.69. The molecule has 0 radical (unpaired) electrons. The van der Waals surface area contributed by atoms with Crippen molar-refractivity contribution >= 4 is 40.6 Å². The highest BCUT2D eigenvalue weighted by Crippen LogP contribution is 2.22. The minimum Gasteiger partial charge on any atom is -0.322 e. The molecule has 0 aliphatic rings. The summed E-state index contributed by atoms with van der Waals surface area (Å²) in [6.45, 7) is 0. The van der Waals surface area contributed by atoms with Gasteiger partial charge in [0.2, 0.25) is 5.91 Å². The molecule has 0 aliphatic heterocycles. The summed E-state index contributed by atoms with van der Waals surface area (Å²) in [4.78, 5) is 16.4. The number of hydrogen-bond acceptors (Lipinski definition) is 3. The van der Waals surface area contributed by atoms with E-state index in [9.17, 15) is 4.79 Å². The Kier molecular flexibility index (Phi) is 3.90. The Bertz CT molecular complexity index is 536. The Morgan fingerprint density at radius 1 is 1.29 bits per heavy atom. The predicted octanol–water partition coefficient (Wildman–Crippen LogP) is 3.45. The van der Waals surface area contributed by atoms with Crippen molar-refractivity contribution in [1.82, 2.24) is 4.98 Å². The van der Waals surface area contributed by atoms with E-state index in [1.54, 1.807) is 36.7 Å². The standard InChI is InChI=1S/C12H9ClN2OS/c13-11-3-1-10(17-11)2-4-12(16)15-9-5-7-14-8-6-9/h1-8H,(H,14,15,16)/b4-2+. The molecule has 2 aromatic rings. The molecule has 3 nitrogen and oxygen atoms in total. The van der Waals surface area contributed by atoms with Crippen LogP contribution in [0.15, 0.2) is 42.7 Å². The van der Waals surface area contributed by atoms with Gasteiger partial charge in [0, 0.05) is 29.0 Å². The molecule has 5 heteroatoms. The molecular weight excluding hydrogens is 256 g/mol. The zero-order valence-electron chi connectivity index (χ0n) is 8.76. The first kappa shape index (κ1) is 11.8. The van der Waals surface area contributed by atoms with Gasteiger partial charge >= 0.3 is 0 Å². The highest BCUT2D eigenvalue weighted by atomic mass is 35.5. The first-order valence-corrected chi connectivity index (χ1v) is 6.08. The Hall–Kier alpha value is -1.65. The molecule has 0 fully saturated rings. The van der Waals surface area contributed by atoms with E-state index in [2.05, 4.69) is 10.3 Å². The summed E-state index contributed by atoms with van der Waals surface area (Å²) >= 11 is 7.21. The minimum absolute atomic E-state index is 0.180. The summed E-state index contributed by atoms with van der Waals surface area (Å²) in [5.74, 6) is -0.180. The Morgan fingerprint density at radius 3 is 2.71 bits per heavy atom. The predicted molar refractivity (Wildman–Crippen MR) is 71.2 cm³/mol. The molecule has 0 saturated carbocycles. The number of amides is 1. The number of anilines is 1. The van der Waals surface area contributed by atoms with Crippen molar-refractivity contribution in [3.63, 3.8) is 0 Å². The average molecular weight is 265 g/mol. The average Bonchev–Trinajstić information content (AvgIpc) is 2.74. The van der Waals surface area contributed by atoms with Gasteiger partial charge in [0.15, 0.2) is 0 Å². The van der Waals surface area contributed by atoms with E-state index >= 15 is 0 Å². The lowest BCUT2D eigenvalue weighted by atomic mass is 10.3. The van der Waals surface area contributed by atoms with Crippen molar-refractivity contribution in [1.29, 1.82) is 0 Å². The van der Waals surface area contributed by atoms with E-state index in [4.69, 9.17) is 11.6 Å². The minimum atomic E-state index is -0.180. The van der Waals surface area contributed by atoms with Gasteiger partial charge in [-0.1, -0.05) is 11.6 Å². The summed E-state index contributed by atoms with van der Waals surface area (Å²) in [5.41, 5.74) is 0.721. The van der Waals surface area contributed by atoms with Crippen molar-refractivity contribution in [3.8, 4) is 0 Å². The topological polar surface area (TPSA) is 42.0 Å². The molecule has 0 unspecified atom stereocenters. The van der Waals surface area contributed by atoms with Gasteiger partial charge in [0.1, 0.15) is 0 Å². The number of hydrogen-bond donors (Lipinski definition) is 1. The molecule has 0 bridgehead atoms. The van der Waals surface area contributed by atoms with Crippen molar-refractivity contribution in [2.24, 2.45) is 0 Å². The number of nitrogens with zero attached hydrogens (tertiary/aromatic N) is 1. The van der Waals surface area contributed by atoms with E-state index in [1.807, 2.05) is 6.07 Å². The first-order valence-electron chi connectivity index (χ1n) is 4.88. The zero-order valence-corrected chi connectivity index (χ0v) is 10.3. The van der Waals surface area contributed by atoms with Crippen LogP contribution < -0.4 is 5.32 Å². The van der Waals surface area contributed by atoms with Crippen LogP contribution in [0.4, 0.5) is 5.69 Å². The van der Waals surface area contributed by atoms with Gasteiger partial charge in [-0.25, -0.2) is 0 Å². The molecule has 1 N–H and O–H groups in total. The van der Waals surface area contributed by atoms with Crippen LogP contribution in [0.5, 0.6) is 0 Å². The van der Waals surface area contributed by atoms with E-state index in [0.717, 1.165) is 10.6 Å². The monoisotopic (exact) mass is 264 g/mol. The fourth-order valence-electron chi connectivity index (χ4n) is 1.19. The molecule has 0 aromatic carbocycles. The number of carbonyl (C=O) groups is 1. The van der Waals surface area contributed by atoms with Crippen molar-refractivity contribution in [3.05, 3.63) is 51.9 Å². The smallest absolute Gasteiger partial charge is 0.248 e. The number of thiophene rings is 1. The number of pyridine rings is 1.